The second-order valence-electron chi connectivity index (χ2n) is 5.61. The molecule has 0 aliphatic heterocycles. The molecular formula is C18H23N3O. The Kier molecular flexibility index (Phi) is 5.04. The molecule has 0 heterocycles. The lowest BCUT2D eigenvalue weighted by Gasteiger charge is -2.14. The van der Waals surface area contributed by atoms with E-state index in [-0.39, 0.29) is 12.5 Å². The van der Waals surface area contributed by atoms with Crippen molar-refractivity contribution in [2.75, 3.05) is 36.2 Å². The molecular weight excluding hydrogens is 274 g/mol. The molecule has 2 aromatic carbocycles. The third-order valence-electron chi connectivity index (χ3n) is 3.58. The van der Waals surface area contributed by atoms with Gasteiger partial charge in [0.15, 0.2) is 0 Å². The molecule has 0 fully saturated rings. The zero-order valence-corrected chi connectivity index (χ0v) is 13.6. The molecule has 4 heteroatoms. The van der Waals surface area contributed by atoms with E-state index in [0.717, 1.165) is 28.2 Å². The molecule has 0 aromatic heterocycles. The number of carbonyl (C=O) groups is 1. The zero-order valence-electron chi connectivity index (χ0n) is 13.6. The summed E-state index contributed by atoms with van der Waals surface area (Å²) in [6, 6.07) is 14.0. The van der Waals surface area contributed by atoms with Gasteiger partial charge in [-0.15, -0.1) is 0 Å². The van der Waals surface area contributed by atoms with Gasteiger partial charge in [0.25, 0.3) is 0 Å². The van der Waals surface area contributed by atoms with Crippen molar-refractivity contribution in [3.05, 3.63) is 53.6 Å². The fourth-order valence-corrected chi connectivity index (χ4v) is 2.26. The van der Waals surface area contributed by atoms with Crippen molar-refractivity contribution in [2.45, 2.75) is 13.8 Å². The number of rotatable bonds is 5. The van der Waals surface area contributed by atoms with Crippen LogP contribution >= 0.6 is 0 Å². The lowest BCUT2D eigenvalue weighted by Crippen LogP contribution is -2.22. The van der Waals surface area contributed by atoms with Crippen molar-refractivity contribution in [1.82, 2.24) is 0 Å². The van der Waals surface area contributed by atoms with Gasteiger partial charge in [0.2, 0.25) is 5.91 Å². The summed E-state index contributed by atoms with van der Waals surface area (Å²) in [5.74, 6) is -0.0471. The summed E-state index contributed by atoms with van der Waals surface area (Å²) in [4.78, 5) is 14.1. The van der Waals surface area contributed by atoms with Crippen LogP contribution in [0.25, 0.3) is 0 Å². The first kappa shape index (κ1) is 15.9. The van der Waals surface area contributed by atoms with Gasteiger partial charge in [-0.3, -0.25) is 4.79 Å². The molecule has 0 radical (unpaired) electrons. The summed E-state index contributed by atoms with van der Waals surface area (Å²) >= 11 is 0. The van der Waals surface area contributed by atoms with Crippen molar-refractivity contribution < 1.29 is 4.79 Å². The molecule has 116 valence electrons. The van der Waals surface area contributed by atoms with Gasteiger partial charge in [-0.1, -0.05) is 18.2 Å². The molecule has 0 aliphatic carbocycles. The van der Waals surface area contributed by atoms with Crippen LogP contribution in [0.2, 0.25) is 0 Å². The van der Waals surface area contributed by atoms with Crippen molar-refractivity contribution in [3.8, 4) is 0 Å². The van der Waals surface area contributed by atoms with Gasteiger partial charge in [-0.25, -0.2) is 0 Å². The van der Waals surface area contributed by atoms with Crippen LogP contribution in [0, 0.1) is 13.8 Å². The Hall–Kier alpha value is -2.49. The van der Waals surface area contributed by atoms with Crippen LogP contribution in [0.15, 0.2) is 42.5 Å². The van der Waals surface area contributed by atoms with Crippen LogP contribution in [0.4, 0.5) is 17.1 Å². The van der Waals surface area contributed by atoms with E-state index < -0.39 is 0 Å². The quantitative estimate of drug-likeness (QED) is 0.889. The Balaban J connectivity index is 1.93. The smallest absolute Gasteiger partial charge is 0.243 e. The number of nitrogens with one attached hydrogen (secondary N) is 2. The Bertz CT molecular complexity index is 628. The van der Waals surface area contributed by atoms with E-state index in [4.69, 9.17) is 0 Å². The Morgan fingerprint density at radius 1 is 1.00 bits per heavy atom. The summed E-state index contributed by atoms with van der Waals surface area (Å²) in [6.07, 6.45) is 0. The van der Waals surface area contributed by atoms with Crippen LogP contribution in [0.1, 0.15) is 11.1 Å². The van der Waals surface area contributed by atoms with Crippen LogP contribution in [0.3, 0.4) is 0 Å². The fourth-order valence-electron chi connectivity index (χ4n) is 2.26. The van der Waals surface area contributed by atoms with Gasteiger partial charge in [0.1, 0.15) is 0 Å². The average Bonchev–Trinajstić information content (AvgIpc) is 2.49. The minimum atomic E-state index is -0.0471. The lowest BCUT2D eigenvalue weighted by molar-refractivity contribution is -0.114. The molecule has 2 N–H and O–H groups in total. The minimum Gasteiger partial charge on any atom is -0.378 e. The van der Waals surface area contributed by atoms with Crippen molar-refractivity contribution in [1.29, 1.82) is 0 Å². The predicted molar refractivity (Wildman–Crippen MR) is 93.8 cm³/mol. The summed E-state index contributed by atoms with van der Waals surface area (Å²) < 4.78 is 0. The number of aryl methyl sites for hydroxylation is 2. The normalized spacial score (nSPS) is 10.2. The lowest BCUT2D eigenvalue weighted by atomic mass is 10.1. The van der Waals surface area contributed by atoms with Gasteiger partial charge >= 0.3 is 0 Å². The summed E-state index contributed by atoms with van der Waals surface area (Å²) in [5, 5.41) is 6.11. The number of hydrogen-bond acceptors (Lipinski definition) is 3. The number of carbonyl (C=O) groups excluding carboxylic acids is 1. The zero-order chi connectivity index (χ0) is 16.1. The SMILES string of the molecule is Cc1cccc(C)c1NC(=O)CNc1ccc(N(C)C)cc1. The van der Waals surface area contributed by atoms with E-state index in [2.05, 4.69) is 10.6 Å². The minimum absolute atomic E-state index is 0.0471. The topological polar surface area (TPSA) is 44.4 Å². The Morgan fingerprint density at radius 2 is 1.59 bits per heavy atom. The summed E-state index contributed by atoms with van der Waals surface area (Å²) in [5.41, 5.74) is 5.11. The van der Waals surface area contributed by atoms with Gasteiger partial charge in [0.05, 0.1) is 6.54 Å². The van der Waals surface area contributed by atoms with Crippen LogP contribution in [-0.4, -0.2) is 26.5 Å². The number of para-hydroxylation sites is 1. The highest BCUT2D eigenvalue weighted by Crippen LogP contribution is 2.19. The average molecular weight is 297 g/mol. The number of benzene rings is 2. The van der Waals surface area contributed by atoms with Gasteiger partial charge < -0.3 is 15.5 Å². The van der Waals surface area contributed by atoms with Gasteiger partial charge in [-0.05, 0) is 49.2 Å². The summed E-state index contributed by atoms with van der Waals surface area (Å²) in [7, 11) is 4.00. The van der Waals surface area contributed by atoms with E-state index in [9.17, 15) is 4.79 Å². The van der Waals surface area contributed by atoms with Crippen molar-refractivity contribution in [3.63, 3.8) is 0 Å². The van der Waals surface area contributed by atoms with Crippen LogP contribution in [-0.2, 0) is 4.79 Å². The van der Waals surface area contributed by atoms with Crippen molar-refractivity contribution >= 4 is 23.0 Å². The highest BCUT2D eigenvalue weighted by atomic mass is 16.1. The summed E-state index contributed by atoms with van der Waals surface area (Å²) in [6.45, 7) is 4.24. The highest BCUT2D eigenvalue weighted by Gasteiger charge is 2.07. The molecule has 4 nitrogen and oxygen atoms in total. The Labute approximate surface area is 132 Å². The molecule has 0 saturated heterocycles. The van der Waals surface area contributed by atoms with E-state index >= 15 is 0 Å². The third kappa shape index (κ3) is 4.01. The van der Waals surface area contributed by atoms with Gasteiger partial charge in [0, 0.05) is 31.2 Å². The maximum Gasteiger partial charge on any atom is 0.243 e. The maximum atomic E-state index is 12.1. The number of hydrogen-bond donors (Lipinski definition) is 2. The molecule has 0 bridgehead atoms. The first-order chi connectivity index (χ1) is 10.5. The Morgan fingerprint density at radius 3 is 2.14 bits per heavy atom. The first-order valence-corrected chi connectivity index (χ1v) is 7.34. The first-order valence-electron chi connectivity index (χ1n) is 7.34. The molecule has 1 amide bonds. The predicted octanol–water partition coefficient (Wildman–Crippen LogP) is 3.42. The van der Waals surface area contributed by atoms with Crippen molar-refractivity contribution in [2.24, 2.45) is 0 Å². The second-order valence-corrected chi connectivity index (χ2v) is 5.61. The number of anilines is 3. The van der Waals surface area contributed by atoms with Crippen LogP contribution in [0.5, 0.6) is 0 Å². The van der Waals surface area contributed by atoms with E-state index in [1.54, 1.807) is 0 Å². The molecule has 0 saturated carbocycles. The molecule has 0 unspecified atom stereocenters. The van der Waals surface area contributed by atoms with Crippen LogP contribution < -0.4 is 15.5 Å². The molecule has 0 aliphatic rings. The van der Waals surface area contributed by atoms with E-state index in [1.165, 1.54) is 0 Å². The molecule has 2 aromatic rings. The number of amides is 1. The molecule has 0 atom stereocenters. The molecule has 22 heavy (non-hydrogen) atoms. The van der Waals surface area contributed by atoms with Gasteiger partial charge in [-0.2, -0.15) is 0 Å². The monoisotopic (exact) mass is 297 g/mol. The highest BCUT2D eigenvalue weighted by molar-refractivity contribution is 5.95. The fraction of sp³-hybridized carbons (Fsp3) is 0.278. The van der Waals surface area contributed by atoms with E-state index in [0.29, 0.717) is 0 Å². The number of nitrogens with zero attached hydrogens (tertiary/aromatic N) is 1. The molecule has 0 spiro atoms. The standard InChI is InChI=1S/C18H23N3O/c1-13-6-5-7-14(2)18(13)20-17(22)12-19-15-8-10-16(11-9-15)21(3)4/h5-11,19H,12H2,1-4H3,(H,20,22). The maximum absolute atomic E-state index is 12.1. The largest absolute Gasteiger partial charge is 0.378 e. The third-order valence-corrected chi connectivity index (χ3v) is 3.58. The molecule has 2 rings (SSSR count). The second kappa shape index (κ2) is 6.98. The van der Waals surface area contributed by atoms with E-state index in [1.807, 2.05) is 75.3 Å².